The molecule has 0 saturated heterocycles. The number of rotatable bonds is 23. The van der Waals surface area contributed by atoms with Gasteiger partial charge in [-0.25, -0.2) is 0 Å². The van der Waals surface area contributed by atoms with Gasteiger partial charge in [0.2, 0.25) is 23.6 Å². The molecule has 36 heavy (non-hydrogen) atoms. The van der Waals surface area contributed by atoms with Crippen molar-refractivity contribution in [1.29, 1.82) is 0 Å². The van der Waals surface area contributed by atoms with Crippen molar-refractivity contribution in [2.24, 2.45) is 0 Å². The Morgan fingerprint density at radius 1 is 0.500 bits per heavy atom. The number of carbonyl (C=O) groups is 4. The highest BCUT2D eigenvalue weighted by molar-refractivity contribution is 5.79. The van der Waals surface area contributed by atoms with E-state index < -0.39 is 0 Å². The van der Waals surface area contributed by atoms with Gasteiger partial charge in [-0.1, -0.05) is 37.1 Å². The summed E-state index contributed by atoms with van der Waals surface area (Å²) in [7, 11) is 0. The zero-order valence-corrected chi connectivity index (χ0v) is 22.0. The molecule has 0 atom stereocenters. The van der Waals surface area contributed by atoms with Gasteiger partial charge >= 0.3 is 0 Å². The van der Waals surface area contributed by atoms with E-state index in [1.165, 1.54) is 0 Å². The monoisotopic (exact) mass is 502 g/mol. The molecule has 0 rings (SSSR count). The van der Waals surface area contributed by atoms with Gasteiger partial charge < -0.3 is 20.4 Å². The van der Waals surface area contributed by atoms with E-state index in [1.807, 2.05) is 0 Å². The van der Waals surface area contributed by atoms with E-state index in [9.17, 15) is 19.2 Å². The lowest BCUT2D eigenvalue weighted by molar-refractivity contribution is -0.131. The highest BCUT2D eigenvalue weighted by Gasteiger charge is 2.12. The van der Waals surface area contributed by atoms with Crippen molar-refractivity contribution in [3.8, 4) is 0 Å². The van der Waals surface area contributed by atoms with Crippen LogP contribution in [-0.4, -0.2) is 72.7 Å². The molecule has 0 aliphatic carbocycles. The minimum Gasteiger partial charge on any atom is -0.356 e. The standard InChI is InChI=1S/C28H46N4O4/c1-5-21-31(22-6-2)27(35)17-13-15-25(33)29-19-11-9-10-12-20-30-26(34)16-14-18-28(36)32(23-7-3)24-8-4/h5-8H,1-4,9-24H2,(H,29,33)(H,30,34). The van der Waals surface area contributed by atoms with Gasteiger partial charge in [0.15, 0.2) is 0 Å². The quantitative estimate of drug-likeness (QED) is 0.165. The number of unbranched alkanes of at least 4 members (excludes halogenated alkanes) is 3. The number of carbonyl (C=O) groups excluding carboxylic acids is 4. The maximum atomic E-state index is 12.1. The maximum absolute atomic E-state index is 12.1. The summed E-state index contributed by atoms with van der Waals surface area (Å²) in [5.74, 6) is -0.0713. The zero-order valence-electron chi connectivity index (χ0n) is 22.0. The van der Waals surface area contributed by atoms with Crippen LogP contribution >= 0.6 is 0 Å². The third-order valence-corrected chi connectivity index (χ3v) is 5.44. The van der Waals surface area contributed by atoms with Crippen LogP contribution in [0.3, 0.4) is 0 Å². The molecule has 0 spiro atoms. The van der Waals surface area contributed by atoms with Crippen molar-refractivity contribution < 1.29 is 19.2 Å². The Balaban J connectivity index is 3.73. The predicted octanol–water partition coefficient (Wildman–Crippen LogP) is 3.52. The SMILES string of the molecule is C=CCN(CC=C)C(=O)CCCC(=O)NCCCCCCNC(=O)CCCC(=O)N(CC=C)CC=C. The molecular formula is C28H46N4O4. The van der Waals surface area contributed by atoms with Crippen LogP contribution in [0.1, 0.15) is 64.2 Å². The van der Waals surface area contributed by atoms with E-state index in [1.54, 1.807) is 34.1 Å². The highest BCUT2D eigenvalue weighted by Crippen LogP contribution is 2.04. The Kier molecular flexibility index (Phi) is 20.4. The second-order valence-corrected chi connectivity index (χ2v) is 8.57. The fourth-order valence-electron chi connectivity index (χ4n) is 3.53. The predicted molar refractivity (Wildman–Crippen MR) is 146 cm³/mol. The first kappa shape index (κ1) is 32.8. The zero-order chi connectivity index (χ0) is 27.0. The second kappa shape index (κ2) is 22.3. The van der Waals surface area contributed by atoms with Crippen LogP contribution in [-0.2, 0) is 19.2 Å². The first-order valence-electron chi connectivity index (χ1n) is 12.9. The van der Waals surface area contributed by atoms with Crippen LogP contribution in [0.15, 0.2) is 50.6 Å². The number of amides is 4. The molecule has 4 amide bonds. The summed E-state index contributed by atoms with van der Waals surface area (Å²) in [6.07, 6.45) is 12.8. The number of nitrogens with zero attached hydrogens (tertiary/aromatic N) is 2. The van der Waals surface area contributed by atoms with E-state index in [-0.39, 0.29) is 23.6 Å². The topological polar surface area (TPSA) is 98.8 Å². The molecule has 0 fully saturated rings. The van der Waals surface area contributed by atoms with E-state index in [0.29, 0.717) is 77.8 Å². The van der Waals surface area contributed by atoms with Crippen LogP contribution in [0.25, 0.3) is 0 Å². The minimum absolute atomic E-state index is 0.00172. The Labute approximate surface area is 217 Å². The summed E-state index contributed by atoms with van der Waals surface area (Å²) in [5.41, 5.74) is 0. The smallest absolute Gasteiger partial charge is 0.223 e. The molecular weight excluding hydrogens is 456 g/mol. The van der Waals surface area contributed by atoms with E-state index in [2.05, 4.69) is 36.9 Å². The summed E-state index contributed by atoms with van der Waals surface area (Å²) in [6.45, 7) is 17.7. The van der Waals surface area contributed by atoms with Crippen molar-refractivity contribution in [3.63, 3.8) is 0 Å². The van der Waals surface area contributed by atoms with E-state index in [4.69, 9.17) is 0 Å². The Morgan fingerprint density at radius 2 is 0.833 bits per heavy atom. The van der Waals surface area contributed by atoms with Gasteiger partial charge in [0.05, 0.1) is 0 Å². The van der Waals surface area contributed by atoms with Crippen LogP contribution in [0.5, 0.6) is 0 Å². The van der Waals surface area contributed by atoms with Crippen LogP contribution in [0, 0.1) is 0 Å². The van der Waals surface area contributed by atoms with E-state index >= 15 is 0 Å². The Hall–Kier alpha value is -3.16. The second-order valence-electron chi connectivity index (χ2n) is 8.57. The average Bonchev–Trinajstić information content (AvgIpc) is 2.85. The van der Waals surface area contributed by atoms with Crippen molar-refractivity contribution in [1.82, 2.24) is 20.4 Å². The molecule has 0 saturated carbocycles. The first-order chi connectivity index (χ1) is 17.4. The van der Waals surface area contributed by atoms with Crippen molar-refractivity contribution in [3.05, 3.63) is 50.6 Å². The summed E-state index contributed by atoms with van der Waals surface area (Å²) in [6, 6.07) is 0. The summed E-state index contributed by atoms with van der Waals surface area (Å²) >= 11 is 0. The van der Waals surface area contributed by atoms with Crippen molar-refractivity contribution in [2.45, 2.75) is 64.2 Å². The molecule has 0 aromatic heterocycles. The highest BCUT2D eigenvalue weighted by atomic mass is 16.2. The Morgan fingerprint density at radius 3 is 1.14 bits per heavy atom. The van der Waals surface area contributed by atoms with Crippen LogP contribution < -0.4 is 10.6 Å². The summed E-state index contributed by atoms with van der Waals surface area (Å²) in [4.78, 5) is 51.5. The molecule has 8 nitrogen and oxygen atoms in total. The molecule has 0 aromatic rings. The lowest BCUT2D eigenvalue weighted by Crippen LogP contribution is -2.31. The van der Waals surface area contributed by atoms with Crippen LogP contribution in [0.2, 0.25) is 0 Å². The normalized spacial score (nSPS) is 10.1. The summed E-state index contributed by atoms with van der Waals surface area (Å²) < 4.78 is 0. The van der Waals surface area contributed by atoms with Crippen molar-refractivity contribution >= 4 is 23.6 Å². The lowest BCUT2D eigenvalue weighted by Gasteiger charge is -2.19. The average molecular weight is 503 g/mol. The van der Waals surface area contributed by atoms with Gasteiger partial charge in [-0.3, -0.25) is 19.2 Å². The lowest BCUT2D eigenvalue weighted by atomic mass is 10.1. The fraction of sp³-hybridized carbons (Fsp3) is 0.571. The molecule has 0 unspecified atom stereocenters. The molecule has 202 valence electrons. The Bertz CT molecular complexity index is 640. The molecule has 0 aliphatic rings. The summed E-state index contributed by atoms with van der Waals surface area (Å²) in [5, 5.41) is 5.79. The molecule has 0 bridgehead atoms. The third-order valence-electron chi connectivity index (χ3n) is 5.44. The molecule has 0 aliphatic heterocycles. The molecule has 0 heterocycles. The van der Waals surface area contributed by atoms with Crippen molar-refractivity contribution in [2.75, 3.05) is 39.3 Å². The number of hydrogen-bond acceptors (Lipinski definition) is 4. The molecule has 2 N–H and O–H groups in total. The fourth-order valence-corrected chi connectivity index (χ4v) is 3.53. The van der Waals surface area contributed by atoms with Gasteiger partial charge in [0, 0.05) is 65.0 Å². The van der Waals surface area contributed by atoms with Crippen LogP contribution in [0.4, 0.5) is 0 Å². The molecule has 0 radical (unpaired) electrons. The van der Waals surface area contributed by atoms with Gasteiger partial charge in [-0.05, 0) is 25.7 Å². The molecule has 0 aromatic carbocycles. The van der Waals surface area contributed by atoms with Gasteiger partial charge in [0.25, 0.3) is 0 Å². The first-order valence-corrected chi connectivity index (χ1v) is 12.9. The largest absolute Gasteiger partial charge is 0.356 e. The van der Waals surface area contributed by atoms with E-state index in [0.717, 1.165) is 25.7 Å². The minimum atomic E-state index is -0.0374. The van der Waals surface area contributed by atoms with Gasteiger partial charge in [-0.15, -0.1) is 26.3 Å². The number of nitrogens with one attached hydrogen (secondary N) is 2. The maximum Gasteiger partial charge on any atom is 0.223 e. The van der Waals surface area contributed by atoms with Gasteiger partial charge in [0.1, 0.15) is 0 Å². The number of hydrogen-bond donors (Lipinski definition) is 2. The molecule has 8 heteroatoms. The van der Waals surface area contributed by atoms with Gasteiger partial charge in [-0.2, -0.15) is 0 Å². The third kappa shape index (κ3) is 17.3.